The number of carbonyl (C=O) groups is 2. The Bertz CT molecular complexity index is 913. The molecule has 0 fully saturated rings. The number of hydrogen-bond donors (Lipinski definition) is 1. The van der Waals surface area contributed by atoms with Crippen LogP contribution in [0.15, 0.2) is 54.6 Å². The fourth-order valence-corrected chi connectivity index (χ4v) is 3.95. The Balaban J connectivity index is 1.53. The molecule has 0 spiro atoms. The van der Waals surface area contributed by atoms with Gasteiger partial charge in [-0.15, -0.1) is 11.3 Å². The summed E-state index contributed by atoms with van der Waals surface area (Å²) in [5.74, 6) is 0.491. The second-order valence-corrected chi connectivity index (χ2v) is 8.29. The average Bonchev–Trinajstić information content (AvgIpc) is 3.17. The van der Waals surface area contributed by atoms with Crippen molar-refractivity contribution in [3.8, 4) is 5.75 Å². The maximum Gasteiger partial charge on any atom is 0.329 e. The standard InChI is InChI=1S/C21H22N2O4S2/c1-28-12-11-17(22-19(24)13-26-15-7-3-2-4-8-15)21(25)27-14-20-23-16-9-5-6-10-18(16)29-20/h2-10,17H,11-14H2,1H3,(H,22,24). The van der Waals surface area contributed by atoms with Crippen molar-refractivity contribution in [3.63, 3.8) is 0 Å². The van der Waals surface area contributed by atoms with Gasteiger partial charge in [0.15, 0.2) is 6.61 Å². The molecule has 1 amide bonds. The van der Waals surface area contributed by atoms with Crippen LogP contribution in [0.1, 0.15) is 11.4 Å². The highest BCUT2D eigenvalue weighted by Crippen LogP contribution is 2.22. The van der Waals surface area contributed by atoms with Gasteiger partial charge < -0.3 is 14.8 Å². The van der Waals surface area contributed by atoms with E-state index in [2.05, 4.69) is 10.3 Å². The topological polar surface area (TPSA) is 77.5 Å². The maximum atomic E-state index is 12.5. The molecule has 2 aromatic carbocycles. The third-order valence-electron chi connectivity index (χ3n) is 4.02. The van der Waals surface area contributed by atoms with Gasteiger partial charge in [-0.05, 0) is 42.7 Å². The van der Waals surface area contributed by atoms with E-state index in [1.807, 2.05) is 48.7 Å². The number of ether oxygens (including phenoxy) is 2. The molecule has 3 rings (SSSR count). The molecule has 1 heterocycles. The number of rotatable bonds is 10. The zero-order valence-electron chi connectivity index (χ0n) is 16.0. The Labute approximate surface area is 177 Å². The van der Waals surface area contributed by atoms with Gasteiger partial charge in [0.25, 0.3) is 5.91 Å². The van der Waals surface area contributed by atoms with Crippen molar-refractivity contribution in [2.24, 2.45) is 0 Å². The fourth-order valence-electron chi connectivity index (χ4n) is 2.60. The molecule has 152 valence electrons. The Morgan fingerprint density at radius 2 is 1.90 bits per heavy atom. The van der Waals surface area contributed by atoms with E-state index < -0.39 is 12.0 Å². The number of hydrogen-bond acceptors (Lipinski definition) is 7. The van der Waals surface area contributed by atoms with Gasteiger partial charge in [0.2, 0.25) is 0 Å². The Hall–Kier alpha value is -2.58. The van der Waals surface area contributed by atoms with Gasteiger partial charge in [0.05, 0.1) is 10.2 Å². The van der Waals surface area contributed by atoms with Crippen molar-refractivity contribution < 1.29 is 19.1 Å². The molecule has 0 bridgehead atoms. The maximum absolute atomic E-state index is 12.5. The van der Waals surface area contributed by atoms with Crippen molar-refractivity contribution in [1.82, 2.24) is 10.3 Å². The second kappa shape index (κ2) is 10.8. The molecule has 1 atom stereocenters. The number of carbonyl (C=O) groups excluding carboxylic acids is 2. The number of aromatic nitrogens is 1. The first-order valence-corrected chi connectivity index (χ1v) is 11.3. The van der Waals surface area contributed by atoms with E-state index in [1.165, 1.54) is 11.3 Å². The monoisotopic (exact) mass is 430 g/mol. The first-order valence-electron chi connectivity index (χ1n) is 9.13. The van der Waals surface area contributed by atoms with Gasteiger partial charge in [-0.2, -0.15) is 11.8 Å². The molecule has 0 saturated carbocycles. The molecular weight excluding hydrogens is 408 g/mol. The normalized spacial score (nSPS) is 11.8. The largest absolute Gasteiger partial charge is 0.484 e. The highest BCUT2D eigenvalue weighted by atomic mass is 32.2. The lowest BCUT2D eigenvalue weighted by Gasteiger charge is -2.17. The molecule has 1 N–H and O–H groups in total. The van der Waals surface area contributed by atoms with Crippen molar-refractivity contribution in [3.05, 3.63) is 59.6 Å². The van der Waals surface area contributed by atoms with E-state index in [4.69, 9.17) is 9.47 Å². The minimum Gasteiger partial charge on any atom is -0.484 e. The first kappa shape index (κ1) is 21.1. The zero-order valence-corrected chi connectivity index (χ0v) is 17.6. The number of thioether (sulfide) groups is 1. The van der Waals surface area contributed by atoms with Gasteiger partial charge in [-0.25, -0.2) is 9.78 Å². The summed E-state index contributed by atoms with van der Waals surface area (Å²) in [6.07, 6.45) is 2.43. The van der Waals surface area contributed by atoms with Crippen LogP contribution in [0.3, 0.4) is 0 Å². The summed E-state index contributed by atoms with van der Waals surface area (Å²) in [5.41, 5.74) is 0.883. The van der Waals surface area contributed by atoms with Crippen LogP contribution < -0.4 is 10.1 Å². The number of nitrogens with one attached hydrogen (secondary N) is 1. The summed E-state index contributed by atoms with van der Waals surface area (Å²) >= 11 is 3.09. The van der Waals surface area contributed by atoms with Crippen LogP contribution in [-0.4, -0.2) is 41.5 Å². The van der Waals surface area contributed by atoms with Crippen LogP contribution in [0.2, 0.25) is 0 Å². The van der Waals surface area contributed by atoms with E-state index in [0.717, 1.165) is 21.0 Å². The Kier molecular flexibility index (Phi) is 7.89. The van der Waals surface area contributed by atoms with E-state index in [-0.39, 0.29) is 19.1 Å². The number of amides is 1. The van der Waals surface area contributed by atoms with Crippen molar-refractivity contribution in [2.45, 2.75) is 19.1 Å². The summed E-state index contributed by atoms with van der Waals surface area (Å²) < 4.78 is 11.9. The number of para-hydroxylation sites is 2. The van der Waals surface area contributed by atoms with Gasteiger partial charge in [-0.3, -0.25) is 4.79 Å². The average molecular weight is 431 g/mol. The highest BCUT2D eigenvalue weighted by Gasteiger charge is 2.22. The van der Waals surface area contributed by atoms with Gasteiger partial charge in [0, 0.05) is 0 Å². The lowest BCUT2D eigenvalue weighted by molar-refractivity contribution is -0.149. The van der Waals surface area contributed by atoms with E-state index in [9.17, 15) is 9.59 Å². The second-order valence-electron chi connectivity index (χ2n) is 6.19. The SMILES string of the molecule is CSCCC(NC(=O)COc1ccccc1)C(=O)OCc1nc2ccccc2s1. The van der Waals surface area contributed by atoms with Crippen LogP contribution in [0.4, 0.5) is 0 Å². The summed E-state index contributed by atoms with van der Waals surface area (Å²) in [5, 5.41) is 3.44. The minimum atomic E-state index is -0.719. The van der Waals surface area contributed by atoms with E-state index in [0.29, 0.717) is 12.2 Å². The molecule has 0 saturated heterocycles. The molecule has 29 heavy (non-hydrogen) atoms. The van der Waals surface area contributed by atoms with E-state index >= 15 is 0 Å². The quantitative estimate of drug-likeness (QED) is 0.495. The number of thiazole rings is 1. The van der Waals surface area contributed by atoms with Crippen LogP contribution in [0, 0.1) is 0 Å². The first-order chi connectivity index (χ1) is 14.2. The third-order valence-corrected chi connectivity index (χ3v) is 5.67. The van der Waals surface area contributed by atoms with Gasteiger partial charge in [-0.1, -0.05) is 30.3 Å². The minimum absolute atomic E-state index is 0.0876. The zero-order chi connectivity index (χ0) is 20.5. The van der Waals surface area contributed by atoms with Crippen LogP contribution in [0.5, 0.6) is 5.75 Å². The van der Waals surface area contributed by atoms with E-state index in [1.54, 1.807) is 23.9 Å². The molecular formula is C21H22N2O4S2. The molecule has 0 aliphatic heterocycles. The molecule has 8 heteroatoms. The van der Waals surface area contributed by atoms with Crippen LogP contribution in [0.25, 0.3) is 10.2 Å². The Morgan fingerprint density at radius 3 is 2.66 bits per heavy atom. The van der Waals surface area contributed by atoms with Crippen molar-refractivity contribution in [2.75, 3.05) is 18.6 Å². The van der Waals surface area contributed by atoms with Crippen molar-refractivity contribution in [1.29, 1.82) is 0 Å². The summed E-state index contributed by atoms with van der Waals surface area (Å²) in [6.45, 7) is -0.0741. The highest BCUT2D eigenvalue weighted by molar-refractivity contribution is 7.98. The number of benzene rings is 2. The van der Waals surface area contributed by atoms with Crippen LogP contribution in [-0.2, 0) is 20.9 Å². The predicted octanol–water partition coefficient (Wildman–Crippen LogP) is 3.66. The molecule has 0 aliphatic carbocycles. The molecule has 3 aromatic rings. The van der Waals surface area contributed by atoms with Gasteiger partial charge in [0.1, 0.15) is 23.4 Å². The molecule has 0 radical (unpaired) electrons. The number of esters is 1. The smallest absolute Gasteiger partial charge is 0.329 e. The number of fused-ring (bicyclic) bond motifs is 1. The summed E-state index contributed by atoms with van der Waals surface area (Å²) in [6, 6.07) is 16.1. The Morgan fingerprint density at radius 1 is 1.14 bits per heavy atom. The molecule has 0 aliphatic rings. The molecule has 1 unspecified atom stereocenters. The summed E-state index contributed by atoms with van der Waals surface area (Å²) in [7, 11) is 0. The lowest BCUT2D eigenvalue weighted by atomic mass is 10.2. The van der Waals surface area contributed by atoms with Crippen molar-refractivity contribution >= 4 is 45.2 Å². The molecule has 1 aromatic heterocycles. The third kappa shape index (κ3) is 6.47. The molecule has 6 nitrogen and oxygen atoms in total. The lowest BCUT2D eigenvalue weighted by Crippen LogP contribution is -2.44. The fraction of sp³-hybridized carbons (Fsp3) is 0.286. The van der Waals surface area contributed by atoms with Crippen LogP contribution >= 0.6 is 23.1 Å². The predicted molar refractivity (Wildman–Crippen MR) is 116 cm³/mol. The number of nitrogens with zero attached hydrogens (tertiary/aromatic N) is 1. The summed E-state index contributed by atoms with van der Waals surface area (Å²) in [4.78, 5) is 29.2. The van der Waals surface area contributed by atoms with Gasteiger partial charge >= 0.3 is 5.97 Å².